The zero-order valence-electron chi connectivity index (χ0n) is 27.3. The lowest BCUT2D eigenvalue weighted by atomic mass is 9.75. The lowest BCUT2D eigenvalue weighted by molar-refractivity contribution is -0.148. The van der Waals surface area contributed by atoms with Gasteiger partial charge in [-0.3, -0.25) is 14.5 Å². The van der Waals surface area contributed by atoms with Gasteiger partial charge in [-0.25, -0.2) is 0 Å². The quantitative estimate of drug-likeness (QED) is 0.150. The van der Waals surface area contributed by atoms with Gasteiger partial charge in [-0.1, -0.05) is 127 Å². The van der Waals surface area contributed by atoms with E-state index in [4.69, 9.17) is 0 Å². The van der Waals surface area contributed by atoms with E-state index >= 15 is 4.79 Å². The summed E-state index contributed by atoms with van der Waals surface area (Å²) < 4.78 is 0. The third-order valence-corrected chi connectivity index (χ3v) is 10.2. The predicted molar refractivity (Wildman–Crippen MR) is 196 cm³/mol. The zero-order chi connectivity index (χ0) is 33.2. The molecule has 1 atom stereocenters. The summed E-state index contributed by atoms with van der Waals surface area (Å²) in [4.78, 5) is 40.3. The first-order valence-electron chi connectivity index (χ1n) is 17.0. The van der Waals surface area contributed by atoms with Crippen molar-refractivity contribution in [1.82, 2.24) is 19.8 Å². The molecular formula is C43H38N4O2. The molecule has 8 rings (SSSR count). The Morgan fingerprint density at radius 3 is 1.88 bits per heavy atom. The second-order valence-corrected chi connectivity index (χ2v) is 13.0. The Hall–Kier alpha value is -5.72. The van der Waals surface area contributed by atoms with Gasteiger partial charge in [0, 0.05) is 59.3 Å². The number of carbonyl (C=O) groups is 2. The van der Waals surface area contributed by atoms with Gasteiger partial charge < -0.3 is 14.9 Å². The monoisotopic (exact) mass is 642 g/mol. The number of piperazine rings is 1. The molecule has 3 heterocycles. The molecule has 1 saturated heterocycles. The first-order valence-corrected chi connectivity index (χ1v) is 17.0. The van der Waals surface area contributed by atoms with Crippen LogP contribution in [0.4, 0.5) is 0 Å². The SMILES string of the molecule is O=C(CN1CCN(C(Cc2ccccc2)(c2ccccc2)c2ccccc2)C(=O)C1Cc1c[nH]c2ccccc12)c1c[nH]c2ccccc12. The highest BCUT2D eigenvalue weighted by Gasteiger charge is 2.48. The van der Waals surface area contributed by atoms with E-state index in [-0.39, 0.29) is 18.2 Å². The molecule has 6 heteroatoms. The van der Waals surface area contributed by atoms with Gasteiger partial charge in [-0.15, -0.1) is 0 Å². The van der Waals surface area contributed by atoms with Gasteiger partial charge in [0.1, 0.15) is 0 Å². The highest BCUT2D eigenvalue weighted by atomic mass is 16.2. The minimum Gasteiger partial charge on any atom is -0.361 e. The molecule has 0 bridgehead atoms. The van der Waals surface area contributed by atoms with Gasteiger partial charge >= 0.3 is 0 Å². The lowest BCUT2D eigenvalue weighted by Gasteiger charge is -2.51. The Labute approximate surface area is 286 Å². The molecule has 5 aromatic carbocycles. The number of fused-ring (bicyclic) bond motifs is 2. The predicted octanol–water partition coefficient (Wildman–Crippen LogP) is 7.77. The van der Waals surface area contributed by atoms with Crippen LogP contribution in [0.25, 0.3) is 21.8 Å². The van der Waals surface area contributed by atoms with Crippen LogP contribution in [0, 0.1) is 0 Å². The molecule has 1 aliphatic heterocycles. The molecule has 0 radical (unpaired) electrons. The minimum atomic E-state index is -0.771. The van der Waals surface area contributed by atoms with Gasteiger partial charge in [-0.2, -0.15) is 0 Å². The standard InChI is InChI=1S/C43H38N4O2/c48-41(37-29-45-39-23-13-11-21-36(37)39)30-46-24-25-47(42(49)40(46)26-32-28-44-38-22-12-10-20-35(32)38)43(33-16-6-2-7-17-33,34-18-8-3-9-19-34)27-31-14-4-1-5-15-31/h1-23,28-29,40,44-45H,24-27,30H2. The van der Waals surface area contributed by atoms with Crippen molar-refractivity contribution >= 4 is 33.5 Å². The number of rotatable bonds is 10. The fraction of sp³-hybridized carbons (Fsp3) is 0.163. The van der Waals surface area contributed by atoms with Crippen molar-refractivity contribution in [3.63, 3.8) is 0 Å². The third kappa shape index (κ3) is 5.64. The van der Waals surface area contributed by atoms with Crippen LogP contribution in [-0.4, -0.2) is 57.1 Å². The number of para-hydroxylation sites is 2. The number of aromatic amines is 2. The van der Waals surface area contributed by atoms with E-state index in [1.165, 1.54) is 0 Å². The van der Waals surface area contributed by atoms with Crippen molar-refractivity contribution < 1.29 is 9.59 Å². The topological polar surface area (TPSA) is 72.2 Å². The summed E-state index contributed by atoms with van der Waals surface area (Å²) in [6.07, 6.45) is 4.91. The molecule has 49 heavy (non-hydrogen) atoms. The Morgan fingerprint density at radius 1 is 0.653 bits per heavy atom. The summed E-state index contributed by atoms with van der Waals surface area (Å²) in [6, 6.07) is 46.8. The molecule has 1 fully saturated rings. The maximum atomic E-state index is 15.4. The van der Waals surface area contributed by atoms with Crippen molar-refractivity contribution in [1.29, 1.82) is 0 Å². The fourth-order valence-corrected chi connectivity index (χ4v) is 7.79. The molecular weight excluding hydrogens is 604 g/mol. The maximum Gasteiger partial charge on any atom is 0.241 e. The van der Waals surface area contributed by atoms with Crippen molar-refractivity contribution in [2.45, 2.75) is 24.4 Å². The van der Waals surface area contributed by atoms with Gasteiger partial charge in [0.15, 0.2) is 5.78 Å². The molecule has 0 aliphatic carbocycles. The van der Waals surface area contributed by atoms with Gasteiger partial charge in [0.05, 0.1) is 18.1 Å². The van der Waals surface area contributed by atoms with Crippen molar-refractivity contribution in [3.05, 3.63) is 180 Å². The maximum absolute atomic E-state index is 15.4. The molecule has 7 aromatic rings. The molecule has 2 N–H and O–H groups in total. The number of aromatic nitrogens is 2. The Balaban J connectivity index is 1.24. The largest absolute Gasteiger partial charge is 0.361 e. The number of H-pyrrole nitrogens is 2. The van der Waals surface area contributed by atoms with Crippen molar-refractivity contribution in [2.24, 2.45) is 0 Å². The normalized spacial score (nSPS) is 15.6. The van der Waals surface area contributed by atoms with Crippen LogP contribution >= 0.6 is 0 Å². The number of benzene rings is 5. The van der Waals surface area contributed by atoms with E-state index in [1.807, 2.05) is 60.8 Å². The Morgan fingerprint density at radius 2 is 1.20 bits per heavy atom. The summed E-state index contributed by atoms with van der Waals surface area (Å²) in [6.45, 7) is 1.18. The fourth-order valence-electron chi connectivity index (χ4n) is 7.79. The molecule has 6 nitrogen and oxygen atoms in total. The van der Waals surface area contributed by atoms with Crippen LogP contribution in [-0.2, 0) is 23.2 Å². The zero-order valence-corrected chi connectivity index (χ0v) is 27.3. The summed E-state index contributed by atoms with van der Waals surface area (Å²) in [5.74, 6) is 0.0242. The number of nitrogens with zero attached hydrogens (tertiary/aromatic N) is 2. The van der Waals surface area contributed by atoms with Crippen LogP contribution in [0.1, 0.15) is 32.6 Å². The van der Waals surface area contributed by atoms with Gasteiger partial charge in [0.2, 0.25) is 5.91 Å². The minimum absolute atomic E-state index is 0.00398. The first-order chi connectivity index (χ1) is 24.1. The van der Waals surface area contributed by atoms with Crippen LogP contribution in [0.2, 0.25) is 0 Å². The molecule has 2 aromatic heterocycles. The number of Topliss-reactive ketones (excluding diaryl/α,β-unsaturated/α-hetero) is 1. The average molecular weight is 643 g/mol. The number of amides is 1. The molecule has 1 aliphatic rings. The highest BCUT2D eigenvalue weighted by molar-refractivity contribution is 6.09. The van der Waals surface area contributed by atoms with Crippen molar-refractivity contribution in [2.75, 3.05) is 19.6 Å². The van der Waals surface area contributed by atoms with Gasteiger partial charge in [0.25, 0.3) is 0 Å². The Kier molecular flexibility index (Phi) is 8.16. The third-order valence-electron chi connectivity index (χ3n) is 10.2. The smallest absolute Gasteiger partial charge is 0.241 e. The van der Waals surface area contributed by atoms with E-state index in [9.17, 15) is 4.79 Å². The summed E-state index contributed by atoms with van der Waals surface area (Å²) in [5, 5.41) is 2.00. The summed E-state index contributed by atoms with van der Waals surface area (Å²) in [7, 11) is 0. The number of nitrogens with one attached hydrogen (secondary N) is 2. The summed E-state index contributed by atoms with van der Waals surface area (Å²) >= 11 is 0. The van der Waals surface area contributed by atoms with E-state index in [0.717, 1.165) is 44.1 Å². The summed E-state index contributed by atoms with van der Waals surface area (Å²) in [5.41, 5.74) is 6.18. The molecule has 0 spiro atoms. The van der Waals surface area contributed by atoms with Crippen LogP contribution in [0.3, 0.4) is 0 Å². The number of ketones is 1. The second-order valence-electron chi connectivity index (χ2n) is 13.0. The van der Waals surface area contributed by atoms with E-state index in [0.29, 0.717) is 31.5 Å². The first kappa shape index (κ1) is 30.6. The van der Waals surface area contributed by atoms with Crippen LogP contribution < -0.4 is 0 Å². The van der Waals surface area contributed by atoms with Gasteiger partial charge in [-0.05, 0) is 40.8 Å². The number of carbonyl (C=O) groups excluding carboxylic acids is 2. The van der Waals surface area contributed by atoms with E-state index < -0.39 is 11.6 Å². The lowest BCUT2D eigenvalue weighted by Crippen LogP contribution is -2.64. The average Bonchev–Trinajstić information content (AvgIpc) is 3.78. The number of hydrogen-bond acceptors (Lipinski definition) is 3. The van der Waals surface area contributed by atoms with E-state index in [2.05, 4.69) is 105 Å². The molecule has 1 amide bonds. The van der Waals surface area contributed by atoms with Crippen LogP contribution in [0.5, 0.6) is 0 Å². The molecule has 242 valence electrons. The highest BCUT2D eigenvalue weighted by Crippen LogP contribution is 2.41. The van der Waals surface area contributed by atoms with E-state index in [1.54, 1.807) is 6.20 Å². The number of hydrogen-bond donors (Lipinski definition) is 2. The molecule has 1 unspecified atom stereocenters. The second kappa shape index (κ2) is 13.1. The Bertz CT molecular complexity index is 2180. The molecule has 0 saturated carbocycles. The van der Waals surface area contributed by atoms with Crippen molar-refractivity contribution in [3.8, 4) is 0 Å². The van der Waals surface area contributed by atoms with Crippen LogP contribution in [0.15, 0.2) is 152 Å².